The van der Waals surface area contributed by atoms with E-state index in [2.05, 4.69) is 0 Å². The topological polar surface area (TPSA) is 136 Å². The Bertz CT molecular complexity index is 483. The van der Waals surface area contributed by atoms with Crippen molar-refractivity contribution in [2.24, 2.45) is 0 Å². The minimum Gasteiger partial charge on any atom is -0.510 e. The first-order chi connectivity index (χ1) is 10.6. The van der Waals surface area contributed by atoms with E-state index < -0.39 is 48.1 Å². The zero-order valence-electron chi connectivity index (χ0n) is 13.2. The summed E-state index contributed by atoms with van der Waals surface area (Å²) in [6.07, 6.45) is -5.47. The van der Waals surface area contributed by atoms with Gasteiger partial charge in [0.2, 0.25) is 0 Å². The highest BCUT2D eigenvalue weighted by molar-refractivity contribution is 5.72. The van der Waals surface area contributed by atoms with Gasteiger partial charge in [0.1, 0.15) is 5.76 Å². The summed E-state index contributed by atoms with van der Waals surface area (Å²) >= 11 is 0. The highest BCUT2D eigenvalue weighted by atomic mass is 16.6. The molecule has 0 spiro atoms. The van der Waals surface area contributed by atoms with Crippen molar-refractivity contribution >= 4 is 24.2 Å². The van der Waals surface area contributed by atoms with Crippen LogP contribution in [0.2, 0.25) is 0 Å². The van der Waals surface area contributed by atoms with E-state index >= 15 is 0 Å². The zero-order valence-corrected chi connectivity index (χ0v) is 13.2. The van der Waals surface area contributed by atoms with Gasteiger partial charge in [-0.05, 0) is 13.0 Å². The molecule has 2 N–H and O–H groups in total. The molecule has 0 aromatic rings. The maximum Gasteiger partial charge on any atom is 0.303 e. The van der Waals surface area contributed by atoms with Crippen LogP contribution in [0.5, 0.6) is 0 Å². The molecule has 4 atom stereocenters. The largest absolute Gasteiger partial charge is 0.510 e. The molecule has 0 aliphatic carbocycles. The third-order valence-corrected chi connectivity index (χ3v) is 2.60. The Morgan fingerprint density at radius 2 is 1.35 bits per heavy atom. The van der Waals surface area contributed by atoms with Gasteiger partial charge in [-0.25, -0.2) is 0 Å². The van der Waals surface area contributed by atoms with Gasteiger partial charge in [0, 0.05) is 20.8 Å². The van der Waals surface area contributed by atoms with E-state index in [1.54, 1.807) is 0 Å². The summed E-state index contributed by atoms with van der Waals surface area (Å²) in [6.45, 7) is 4.43. The third-order valence-electron chi connectivity index (χ3n) is 2.60. The average Bonchev–Trinajstić information content (AvgIpc) is 2.46. The highest BCUT2D eigenvalue weighted by Gasteiger charge is 2.42. The maximum atomic E-state index is 11.2. The van der Waals surface area contributed by atoms with E-state index in [-0.39, 0.29) is 6.29 Å². The molecule has 0 fully saturated rings. The number of esters is 3. The molecule has 0 aromatic heterocycles. The lowest BCUT2D eigenvalue weighted by molar-refractivity contribution is -0.190. The van der Waals surface area contributed by atoms with Crippen molar-refractivity contribution in [1.29, 1.82) is 0 Å². The summed E-state index contributed by atoms with van der Waals surface area (Å²) in [5.41, 5.74) is 0. The van der Waals surface area contributed by atoms with Crippen LogP contribution in [0, 0.1) is 0 Å². The minimum atomic E-state index is -1.80. The first-order valence-electron chi connectivity index (χ1n) is 6.64. The van der Waals surface area contributed by atoms with Gasteiger partial charge in [-0.1, -0.05) is 0 Å². The summed E-state index contributed by atoms with van der Waals surface area (Å²) in [7, 11) is 0. The van der Waals surface area contributed by atoms with Gasteiger partial charge >= 0.3 is 17.9 Å². The first-order valence-corrected chi connectivity index (χ1v) is 6.64. The second-order valence-electron chi connectivity index (χ2n) is 4.52. The Kier molecular flexibility index (Phi) is 8.56. The lowest BCUT2D eigenvalue weighted by Crippen LogP contribution is -2.51. The van der Waals surface area contributed by atoms with Crippen molar-refractivity contribution in [2.75, 3.05) is 0 Å². The van der Waals surface area contributed by atoms with E-state index in [4.69, 9.17) is 14.2 Å². The van der Waals surface area contributed by atoms with Crippen LogP contribution in [-0.2, 0) is 33.4 Å². The summed E-state index contributed by atoms with van der Waals surface area (Å²) in [5.74, 6) is -3.19. The van der Waals surface area contributed by atoms with Gasteiger partial charge in [-0.15, -0.1) is 0 Å². The Morgan fingerprint density at radius 3 is 1.70 bits per heavy atom. The smallest absolute Gasteiger partial charge is 0.303 e. The van der Waals surface area contributed by atoms with Gasteiger partial charge < -0.3 is 24.4 Å². The second-order valence-corrected chi connectivity index (χ2v) is 4.52. The molecule has 0 aliphatic heterocycles. The number of aliphatic hydroxyl groups is 2. The maximum absolute atomic E-state index is 11.2. The van der Waals surface area contributed by atoms with Gasteiger partial charge in [0.15, 0.2) is 30.7 Å². The van der Waals surface area contributed by atoms with Crippen molar-refractivity contribution in [3.05, 3.63) is 11.8 Å². The molecule has 0 radical (unpaired) electrons. The SMILES string of the molecule is CC=C(O)[C@@H](O)[C@@H](OC(C)=O)[C@H](OC(C)=O)[C@H](C=O)OC(C)=O. The lowest BCUT2D eigenvalue weighted by Gasteiger charge is -2.31. The predicted molar refractivity (Wildman–Crippen MR) is 75.1 cm³/mol. The summed E-state index contributed by atoms with van der Waals surface area (Å²) in [6, 6.07) is 0. The Balaban J connectivity index is 5.77. The predicted octanol–water partition coefficient (Wildman–Crippen LogP) is -0.197. The van der Waals surface area contributed by atoms with E-state index in [0.29, 0.717) is 0 Å². The Hall–Kier alpha value is -2.42. The molecule has 0 unspecified atom stereocenters. The molecule has 0 bridgehead atoms. The third kappa shape index (κ3) is 6.92. The standard InChI is InChI=1S/C14H20O9/c1-5-10(19)12(20)14(23-9(4)18)13(22-8(3)17)11(6-15)21-7(2)16/h5-6,11-14,19-20H,1-4H3/t11-,12+,13+,14+/m0/s1. The number of aldehydes is 1. The normalized spacial score (nSPS) is 16.5. The van der Waals surface area contributed by atoms with Crippen molar-refractivity contribution in [1.82, 2.24) is 0 Å². The molecule has 0 aromatic carbocycles. The molecule has 0 heterocycles. The molecule has 0 saturated carbocycles. The fourth-order valence-corrected chi connectivity index (χ4v) is 1.72. The number of hydrogen-bond donors (Lipinski definition) is 2. The van der Waals surface area contributed by atoms with E-state index in [1.807, 2.05) is 0 Å². The lowest BCUT2D eigenvalue weighted by atomic mass is 10.0. The minimum absolute atomic E-state index is 0.158. The molecular formula is C14H20O9. The van der Waals surface area contributed by atoms with E-state index in [0.717, 1.165) is 26.8 Å². The molecule has 9 heteroatoms. The van der Waals surface area contributed by atoms with Crippen molar-refractivity contribution in [3.8, 4) is 0 Å². The fourth-order valence-electron chi connectivity index (χ4n) is 1.72. The van der Waals surface area contributed by atoms with Gasteiger partial charge in [-0.2, -0.15) is 0 Å². The van der Waals surface area contributed by atoms with Crippen molar-refractivity contribution < 1.29 is 43.6 Å². The van der Waals surface area contributed by atoms with Gasteiger partial charge in [0.25, 0.3) is 0 Å². The Labute approximate surface area is 132 Å². The number of rotatable bonds is 8. The van der Waals surface area contributed by atoms with Gasteiger partial charge in [0.05, 0.1) is 0 Å². The second kappa shape index (κ2) is 9.57. The molecule has 0 aliphatic rings. The number of carbonyl (C=O) groups excluding carboxylic acids is 4. The number of aliphatic hydroxyl groups excluding tert-OH is 2. The van der Waals surface area contributed by atoms with Crippen LogP contribution >= 0.6 is 0 Å². The molecule has 9 nitrogen and oxygen atoms in total. The van der Waals surface area contributed by atoms with E-state index in [1.165, 1.54) is 6.92 Å². The molecule has 0 rings (SSSR count). The van der Waals surface area contributed by atoms with Crippen LogP contribution in [0.1, 0.15) is 27.7 Å². The van der Waals surface area contributed by atoms with Crippen LogP contribution in [-0.4, -0.2) is 58.8 Å². The summed E-state index contributed by atoms with van der Waals surface area (Å²) in [4.78, 5) is 44.7. The quantitative estimate of drug-likeness (QED) is 0.268. The average molecular weight is 332 g/mol. The molecule has 23 heavy (non-hydrogen) atoms. The first kappa shape index (κ1) is 20.6. The highest BCUT2D eigenvalue weighted by Crippen LogP contribution is 2.19. The molecule has 0 saturated heterocycles. The van der Waals surface area contributed by atoms with Crippen LogP contribution in [0.25, 0.3) is 0 Å². The van der Waals surface area contributed by atoms with Crippen molar-refractivity contribution in [3.63, 3.8) is 0 Å². The number of carbonyl (C=O) groups is 4. The summed E-state index contributed by atoms with van der Waals surface area (Å²) < 4.78 is 14.4. The van der Waals surface area contributed by atoms with Crippen LogP contribution in [0.4, 0.5) is 0 Å². The zero-order chi connectivity index (χ0) is 18.2. The van der Waals surface area contributed by atoms with Gasteiger partial charge in [-0.3, -0.25) is 19.2 Å². The molecular weight excluding hydrogens is 312 g/mol. The Morgan fingerprint density at radius 1 is 0.913 bits per heavy atom. The number of allylic oxidation sites excluding steroid dienone is 1. The number of ether oxygens (including phenoxy) is 3. The molecule has 130 valence electrons. The fraction of sp³-hybridized carbons (Fsp3) is 0.571. The van der Waals surface area contributed by atoms with Crippen LogP contribution in [0.15, 0.2) is 11.8 Å². The van der Waals surface area contributed by atoms with Crippen molar-refractivity contribution in [2.45, 2.75) is 52.1 Å². The van der Waals surface area contributed by atoms with Crippen LogP contribution < -0.4 is 0 Å². The monoisotopic (exact) mass is 332 g/mol. The summed E-state index contributed by atoms with van der Waals surface area (Å²) in [5, 5.41) is 19.7. The van der Waals surface area contributed by atoms with Crippen LogP contribution in [0.3, 0.4) is 0 Å². The number of hydrogen-bond acceptors (Lipinski definition) is 9. The molecule has 0 amide bonds. The van der Waals surface area contributed by atoms with E-state index in [9.17, 15) is 29.4 Å².